The lowest BCUT2D eigenvalue weighted by Gasteiger charge is -2.14. The maximum Gasteiger partial charge on any atom is 0.122 e. The Hall–Kier alpha value is -2.27. The third kappa shape index (κ3) is 4.36. The molecule has 0 heterocycles. The van der Waals surface area contributed by atoms with Crippen LogP contribution in [0.2, 0.25) is 0 Å². The van der Waals surface area contributed by atoms with Crippen LogP contribution >= 0.6 is 0 Å². The first-order chi connectivity index (χ1) is 11.0. The minimum atomic E-state index is -0.0582. The van der Waals surface area contributed by atoms with Crippen molar-refractivity contribution in [1.29, 1.82) is 5.26 Å². The molecule has 2 aromatic carbocycles. The second-order valence-electron chi connectivity index (χ2n) is 6.23. The molecule has 0 saturated carbocycles. The average molecular weight is 307 g/mol. The molecule has 0 aliphatic heterocycles. The maximum absolute atomic E-state index is 9.50. The van der Waals surface area contributed by atoms with Gasteiger partial charge in [0.2, 0.25) is 0 Å². The summed E-state index contributed by atoms with van der Waals surface area (Å²) in [5.41, 5.74) is 5.99. The fraction of sp³-hybridized carbons (Fsp3) is 0.381. The minimum Gasteiger partial charge on any atom is -0.493 e. The number of hydrogen-bond donors (Lipinski definition) is 0. The Balaban J connectivity index is 1.93. The summed E-state index contributed by atoms with van der Waals surface area (Å²) in [6.07, 6.45) is 1.70. The normalized spacial score (nSPS) is 11.8. The van der Waals surface area contributed by atoms with E-state index in [9.17, 15) is 5.26 Å². The molecule has 120 valence electrons. The van der Waals surface area contributed by atoms with Crippen molar-refractivity contribution in [3.05, 3.63) is 64.2 Å². The molecule has 0 aliphatic carbocycles. The number of ether oxygens (including phenoxy) is 1. The maximum atomic E-state index is 9.50. The molecule has 0 aliphatic rings. The van der Waals surface area contributed by atoms with E-state index in [0.717, 1.165) is 24.2 Å². The Morgan fingerprint density at radius 1 is 1.04 bits per heavy atom. The van der Waals surface area contributed by atoms with Crippen molar-refractivity contribution in [3.8, 4) is 11.8 Å². The lowest BCUT2D eigenvalue weighted by atomic mass is 9.91. The predicted molar refractivity (Wildman–Crippen MR) is 94.9 cm³/mol. The quantitative estimate of drug-likeness (QED) is 0.671. The molecule has 0 saturated heterocycles. The van der Waals surface area contributed by atoms with Gasteiger partial charge in [0.15, 0.2) is 0 Å². The molecule has 0 aromatic heterocycles. The fourth-order valence-electron chi connectivity index (χ4n) is 2.78. The number of nitrogens with zero attached hydrogens (tertiary/aromatic N) is 1. The molecule has 2 heteroatoms. The molecule has 23 heavy (non-hydrogen) atoms. The monoisotopic (exact) mass is 307 g/mol. The van der Waals surface area contributed by atoms with Crippen molar-refractivity contribution in [1.82, 2.24) is 0 Å². The Kier molecular flexibility index (Phi) is 5.82. The second-order valence-corrected chi connectivity index (χ2v) is 6.23. The van der Waals surface area contributed by atoms with Gasteiger partial charge in [-0.2, -0.15) is 5.26 Å². The van der Waals surface area contributed by atoms with Crippen molar-refractivity contribution in [2.24, 2.45) is 0 Å². The zero-order chi connectivity index (χ0) is 16.8. The highest BCUT2D eigenvalue weighted by molar-refractivity contribution is 5.38. The van der Waals surface area contributed by atoms with Crippen LogP contribution in [0.3, 0.4) is 0 Å². The number of rotatable bonds is 6. The van der Waals surface area contributed by atoms with Crippen molar-refractivity contribution in [3.63, 3.8) is 0 Å². The van der Waals surface area contributed by atoms with Gasteiger partial charge < -0.3 is 4.74 Å². The summed E-state index contributed by atoms with van der Waals surface area (Å²) in [6, 6.07) is 14.9. The van der Waals surface area contributed by atoms with E-state index in [-0.39, 0.29) is 5.92 Å². The van der Waals surface area contributed by atoms with Crippen LogP contribution in [0.1, 0.15) is 46.6 Å². The van der Waals surface area contributed by atoms with Gasteiger partial charge in [-0.1, -0.05) is 35.9 Å². The molecule has 1 atom stereocenters. The zero-order valence-corrected chi connectivity index (χ0v) is 14.5. The van der Waals surface area contributed by atoms with E-state index in [1.807, 2.05) is 12.1 Å². The molecule has 0 radical (unpaired) electrons. The highest BCUT2D eigenvalue weighted by atomic mass is 16.5. The van der Waals surface area contributed by atoms with E-state index in [2.05, 4.69) is 58.0 Å². The third-order valence-electron chi connectivity index (χ3n) is 4.42. The molecule has 0 bridgehead atoms. The number of nitriles is 1. The van der Waals surface area contributed by atoms with Gasteiger partial charge in [-0.05, 0) is 68.9 Å². The van der Waals surface area contributed by atoms with Gasteiger partial charge in [-0.15, -0.1) is 0 Å². The highest BCUT2D eigenvalue weighted by Crippen LogP contribution is 2.26. The summed E-state index contributed by atoms with van der Waals surface area (Å²) in [6.45, 7) is 8.97. The Labute approximate surface area is 139 Å². The van der Waals surface area contributed by atoms with Gasteiger partial charge in [0.25, 0.3) is 0 Å². The van der Waals surface area contributed by atoms with E-state index in [1.165, 1.54) is 22.3 Å². The Morgan fingerprint density at radius 3 is 2.57 bits per heavy atom. The molecule has 0 fully saturated rings. The van der Waals surface area contributed by atoms with Crippen LogP contribution in [0.4, 0.5) is 0 Å². The smallest absolute Gasteiger partial charge is 0.122 e. The van der Waals surface area contributed by atoms with Gasteiger partial charge in [0.1, 0.15) is 5.75 Å². The van der Waals surface area contributed by atoms with E-state index in [1.54, 1.807) is 0 Å². The number of hydrogen-bond acceptors (Lipinski definition) is 2. The first-order valence-corrected chi connectivity index (χ1v) is 8.18. The van der Waals surface area contributed by atoms with E-state index in [0.29, 0.717) is 6.61 Å². The summed E-state index contributed by atoms with van der Waals surface area (Å²) < 4.78 is 5.89. The second kappa shape index (κ2) is 7.83. The number of benzene rings is 2. The third-order valence-corrected chi connectivity index (χ3v) is 4.42. The van der Waals surface area contributed by atoms with Crippen LogP contribution in [0.15, 0.2) is 36.4 Å². The molecule has 0 N–H and O–H groups in total. The fourth-order valence-corrected chi connectivity index (χ4v) is 2.78. The SMILES string of the molecule is Cc1ccc(C)c(C(C#N)CCCOc2cccc(C)c2C)c1. The topological polar surface area (TPSA) is 33.0 Å². The van der Waals surface area contributed by atoms with Crippen LogP contribution in [0.25, 0.3) is 0 Å². The van der Waals surface area contributed by atoms with E-state index in [4.69, 9.17) is 4.74 Å². The zero-order valence-electron chi connectivity index (χ0n) is 14.5. The van der Waals surface area contributed by atoms with Gasteiger partial charge in [-0.25, -0.2) is 0 Å². The van der Waals surface area contributed by atoms with Gasteiger partial charge in [0, 0.05) is 0 Å². The largest absolute Gasteiger partial charge is 0.493 e. The molecular formula is C21H25NO. The lowest BCUT2D eigenvalue weighted by molar-refractivity contribution is 0.302. The van der Waals surface area contributed by atoms with Crippen LogP contribution in [0, 0.1) is 39.0 Å². The van der Waals surface area contributed by atoms with Gasteiger partial charge >= 0.3 is 0 Å². The summed E-state index contributed by atoms with van der Waals surface area (Å²) in [5, 5.41) is 9.50. The van der Waals surface area contributed by atoms with Crippen molar-refractivity contribution in [2.75, 3.05) is 6.61 Å². The highest BCUT2D eigenvalue weighted by Gasteiger charge is 2.13. The summed E-state index contributed by atoms with van der Waals surface area (Å²) >= 11 is 0. The van der Waals surface area contributed by atoms with Crippen molar-refractivity contribution >= 4 is 0 Å². The standard InChI is InChI=1S/C21H25NO/c1-15-10-11-17(3)20(13-15)19(14-22)8-6-12-23-21-9-5-7-16(2)18(21)4/h5,7,9-11,13,19H,6,8,12H2,1-4H3. The van der Waals surface area contributed by atoms with E-state index >= 15 is 0 Å². The van der Waals surface area contributed by atoms with Crippen LogP contribution in [-0.2, 0) is 0 Å². The van der Waals surface area contributed by atoms with Crippen molar-refractivity contribution < 1.29 is 4.74 Å². The molecule has 1 unspecified atom stereocenters. The first-order valence-electron chi connectivity index (χ1n) is 8.18. The van der Waals surface area contributed by atoms with Gasteiger partial charge in [0.05, 0.1) is 18.6 Å². The summed E-state index contributed by atoms with van der Waals surface area (Å²) in [4.78, 5) is 0. The predicted octanol–water partition coefficient (Wildman–Crippen LogP) is 5.39. The van der Waals surface area contributed by atoms with E-state index < -0.39 is 0 Å². The molecular weight excluding hydrogens is 282 g/mol. The Bertz CT molecular complexity index is 712. The molecule has 0 spiro atoms. The molecule has 2 nitrogen and oxygen atoms in total. The average Bonchev–Trinajstić information content (AvgIpc) is 2.54. The molecule has 2 rings (SSSR count). The Morgan fingerprint density at radius 2 is 1.83 bits per heavy atom. The number of aryl methyl sites for hydroxylation is 3. The summed E-state index contributed by atoms with van der Waals surface area (Å²) in [7, 11) is 0. The van der Waals surface area contributed by atoms with Crippen LogP contribution < -0.4 is 4.74 Å². The van der Waals surface area contributed by atoms with Crippen molar-refractivity contribution in [2.45, 2.75) is 46.5 Å². The minimum absolute atomic E-state index is 0.0582. The van der Waals surface area contributed by atoms with Crippen LogP contribution in [0.5, 0.6) is 5.75 Å². The lowest BCUT2D eigenvalue weighted by Crippen LogP contribution is -2.04. The van der Waals surface area contributed by atoms with Crippen LogP contribution in [-0.4, -0.2) is 6.61 Å². The summed E-state index contributed by atoms with van der Waals surface area (Å²) in [5.74, 6) is 0.891. The molecule has 2 aromatic rings. The first kappa shape index (κ1) is 17.1. The van der Waals surface area contributed by atoms with Gasteiger partial charge in [-0.3, -0.25) is 0 Å². The molecule has 0 amide bonds.